The number of hydrogen-bond donors (Lipinski definition) is 2. The quantitative estimate of drug-likeness (QED) is 0.529. The highest BCUT2D eigenvalue weighted by atomic mass is 16.5. The number of para-hydroxylation sites is 2. The van der Waals surface area contributed by atoms with Gasteiger partial charge in [-0.25, -0.2) is 0 Å². The Bertz CT molecular complexity index is 777. The van der Waals surface area contributed by atoms with E-state index in [0.29, 0.717) is 12.0 Å². The molecule has 2 atom stereocenters. The van der Waals surface area contributed by atoms with Crippen molar-refractivity contribution >= 4 is 11.6 Å². The standard InChI is InChI=1S/C24H34N4O/c1-19(13-14-20-9-5-4-6-10-20)27-24(25-2)26-17-21-15-16-28(18-21)22-11-7-8-12-23(22)29-3/h4-12,19,21H,13-18H2,1-3H3,(H2,25,26,27). The van der Waals surface area contributed by atoms with Crippen LogP contribution < -0.4 is 20.3 Å². The van der Waals surface area contributed by atoms with Crippen molar-refractivity contribution in [1.29, 1.82) is 0 Å². The molecule has 0 amide bonds. The smallest absolute Gasteiger partial charge is 0.191 e. The van der Waals surface area contributed by atoms with Gasteiger partial charge in [0.25, 0.3) is 0 Å². The van der Waals surface area contributed by atoms with Crippen LogP contribution in [0.3, 0.4) is 0 Å². The van der Waals surface area contributed by atoms with E-state index < -0.39 is 0 Å². The number of aliphatic imine (C=N–C) groups is 1. The lowest BCUT2D eigenvalue weighted by molar-refractivity contribution is 0.414. The van der Waals surface area contributed by atoms with E-state index in [9.17, 15) is 0 Å². The topological polar surface area (TPSA) is 48.9 Å². The minimum Gasteiger partial charge on any atom is -0.495 e. The lowest BCUT2D eigenvalue weighted by Crippen LogP contribution is -2.44. The minimum atomic E-state index is 0.370. The summed E-state index contributed by atoms with van der Waals surface area (Å²) in [6.45, 7) is 5.24. The predicted octanol–water partition coefficient (Wildman–Crippen LogP) is 3.71. The van der Waals surface area contributed by atoms with E-state index >= 15 is 0 Å². The van der Waals surface area contributed by atoms with Crippen LogP contribution in [0, 0.1) is 5.92 Å². The third kappa shape index (κ3) is 6.14. The number of hydrogen-bond acceptors (Lipinski definition) is 3. The van der Waals surface area contributed by atoms with Gasteiger partial charge in [-0.15, -0.1) is 0 Å². The molecule has 1 aliphatic heterocycles. The number of nitrogens with zero attached hydrogens (tertiary/aromatic N) is 2. The van der Waals surface area contributed by atoms with Crippen LogP contribution in [-0.4, -0.2) is 45.8 Å². The molecule has 0 aromatic heterocycles. The van der Waals surface area contributed by atoms with Gasteiger partial charge in [-0.05, 0) is 49.8 Å². The summed E-state index contributed by atoms with van der Waals surface area (Å²) in [6.07, 6.45) is 3.32. The van der Waals surface area contributed by atoms with E-state index in [2.05, 4.69) is 69.9 Å². The largest absolute Gasteiger partial charge is 0.495 e. The molecular formula is C24H34N4O. The van der Waals surface area contributed by atoms with Crippen LogP contribution in [0.25, 0.3) is 0 Å². The summed E-state index contributed by atoms with van der Waals surface area (Å²) < 4.78 is 5.52. The molecule has 3 rings (SSSR count). The molecule has 29 heavy (non-hydrogen) atoms. The summed E-state index contributed by atoms with van der Waals surface area (Å²) in [4.78, 5) is 6.83. The van der Waals surface area contributed by atoms with Crippen molar-refractivity contribution < 1.29 is 4.74 Å². The summed E-state index contributed by atoms with van der Waals surface area (Å²) in [7, 11) is 3.58. The van der Waals surface area contributed by atoms with Crippen LogP contribution in [-0.2, 0) is 6.42 Å². The lowest BCUT2D eigenvalue weighted by atomic mass is 10.1. The van der Waals surface area contributed by atoms with Gasteiger partial charge in [0.1, 0.15) is 5.75 Å². The summed E-state index contributed by atoms with van der Waals surface area (Å²) in [5.74, 6) is 2.44. The van der Waals surface area contributed by atoms with Crippen molar-refractivity contribution in [3.63, 3.8) is 0 Å². The molecule has 1 aliphatic rings. The monoisotopic (exact) mass is 394 g/mol. The van der Waals surface area contributed by atoms with Gasteiger partial charge in [0.05, 0.1) is 12.8 Å². The maximum absolute atomic E-state index is 5.52. The minimum absolute atomic E-state index is 0.370. The number of benzene rings is 2. The maximum atomic E-state index is 5.52. The Labute approximate surface area is 175 Å². The molecule has 0 spiro atoms. The fourth-order valence-corrected chi connectivity index (χ4v) is 3.88. The highest BCUT2D eigenvalue weighted by molar-refractivity contribution is 5.79. The van der Waals surface area contributed by atoms with Crippen LogP contribution in [0.15, 0.2) is 59.6 Å². The Kier molecular flexibility index (Phi) is 7.79. The van der Waals surface area contributed by atoms with Gasteiger partial charge in [-0.3, -0.25) is 4.99 Å². The summed E-state index contributed by atoms with van der Waals surface area (Å²) in [5, 5.41) is 7.05. The Hall–Kier alpha value is -2.69. The molecule has 0 radical (unpaired) electrons. The third-order valence-corrected chi connectivity index (χ3v) is 5.59. The zero-order valence-corrected chi connectivity index (χ0v) is 17.9. The molecular weight excluding hydrogens is 360 g/mol. The van der Waals surface area contributed by atoms with Gasteiger partial charge < -0.3 is 20.3 Å². The van der Waals surface area contributed by atoms with Gasteiger partial charge in [0.2, 0.25) is 0 Å². The first kappa shape index (κ1) is 21.0. The van der Waals surface area contributed by atoms with Gasteiger partial charge >= 0.3 is 0 Å². The van der Waals surface area contributed by atoms with Crippen LogP contribution in [0.4, 0.5) is 5.69 Å². The second kappa shape index (κ2) is 10.7. The fourth-order valence-electron chi connectivity index (χ4n) is 3.88. The van der Waals surface area contributed by atoms with E-state index in [4.69, 9.17) is 4.74 Å². The van der Waals surface area contributed by atoms with Gasteiger partial charge in [-0.2, -0.15) is 0 Å². The van der Waals surface area contributed by atoms with E-state index in [1.54, 1.807) is 7.11 Å². The predicted molar refractivity (Wildman–Crippen MR) is 122 cm³/mol. The van der Waals surface area contributed by atoms with E-state index in [1.165, 1.54) is 17.7 Å². The number of methoxy groups -OCH3 is 1. The van der Waals surface area contributed by atoms with Gasteiger partial charge in [0, 0.05) is 32.7 Å². The molecule has 2 aromatic carbocycles. The molecule has 1 fully saturated rings. The zero-order chi connectivity index (χ0) is 20.5. The van der Waals surface area contributed by atoms with E-state index in [0.717, 1.165) is 44.2 Å². The molecule has 1 heterocycles. The Balaban J connectivity index is 1.42. The van der Waals surface area contributed by atoms with Crippen molar-refractivity contribution in [2.75, 3.05) is 38.7 Å². The number of ether oxygens (including phenoxy) is 1. The fraction of sp³-hybridized carbons (Fsp3) is 0.458. The normalized spacial score (nSPS) is 17.8. The molecule has 2 N–H and O–H groups in total. The molecule has 0 bridgehead atoms. The van der Waals surface area contributed by atoms with E-state index in [-0.39, 0.29) is 0 Å². The SMILES string of the molecule is CN=C(NCC1CCN(c2ccccc2OC)C1)NC(C)CCc1ccccc1. The zero-order valence-electron chi connectivity index (χ0n) is 17.9. The average molecular weight is 395 g/mol. The second-order valence-corrected chi connectivity index (χ2v) is 7.80. The third-order valence-electron chi connectivity index (χ3n) is 5.59. The maximum Gasteiger partial charge on any atom is 0.191 e. The molecule has 5 heteroatoms. The number of rotatable bonds is 8. The van der Waals surface area contributed by atoms with Crippen LogP contribution in [0.2, 0.25) is 0 Å². The van der Waals surface area contributed by atoms with Crippen LogP contribution in [0.5, 0.6) is 5.75 Å². The Morgan fingerprint density at radius 1 is 1.17 bits per heavy atom. The highest BCUT2D eigenvalue weighted by Crippen LogP contribution is 2.31. The Morgan fingerprint density at radius 3 is 2.69 bits per heavy atom. The van der Waals surface area contributed by atoms with Crippen molar-refractivity contribution in [1.82, 2.24) is 10.6 Å². The number of anilines is 1. The average Bonchev–Trinajstić information content (AvgIpc) is 3.24. The summed E-state index contributed by atoms with van der Waals surface area (Å²) >= 11 is 0. The van der Waals surface area contributed by atoms with Crippen molar-refractivity contribution in [3.05, 3.63) is 60.2 Å². The van der Waals surface area contributed by atoms with Crippen LogP contribution >= 0.6 is 0 Å². The van der Waals surface area contributed by atoms with Gasteiger partial charge in [0.15, 0.2) is 5.96 Å². The molecule has 0 saturated carbocycles. The number of aryl methyl sites for hydroxylation is 1. The molecule has 2 aromatic rings. The first-order chi connectivity index (χ1) is 14.2. The number of guanidine groups is 1. The molecule has 1 saturated heterocycles. The second-order valence-electron chi connectivity index (χ2n) is 7.80. The molecule has 156 valence electrons. The van der Waals surface area contributed by atoms with Crippen molar-refractivity contribution in [2.45, 2.75) is 32.2 Å². The summed E-state index contributed by atoms with van der Waals surface area (Å²) in [5.41, 5.74) is 2.57. The van der Waals surface area contributed by atoms with Crippen molar-refractivity contribution in [2.24, 2.45) is 10.9 Å². The summed E-state index contributed by atoms with van der Waals surface area (Å²) in [6, 6.07) is 19.3. The van der Waals surface area contributed by atoms with Crippen molar-refractivity contribution in [3.8, 4) is 5.75 Å². The molecule has 5 nitrogen and oxygen atoms in total. The number of nitrogens with one attached hydrogen (secondary N) is 2. The van der Waals surface area contributed by atoms with E-state index in [1.807, 2.05) is 19.2 Å². The molecule has 2 unspecified atom stereocenters. The highest BCUT2D eigenvalue weighted by Gasteiger charge is 2.24. The lowest BCUT2D eigenvalue weighted by Gasteiger charge is -2.22. The van der Waals surface area contributed by atoms with Crippen LogP contribution in [0.1, 0.15) is 25.3 Å². The first-order valence-corrected chi connectivity index (χ1v) is 10.6. The van der Waals surface area contributed by atoms with Gasteiger partial charge in [-0.1, -0.05) is 42.5 Å². The Morgan fingerprint density at radius 2 is 1.93 bits per heavy atom. The molecule has 0 aliphatic carbocycles. The first-order valence-electron chi connectivity index (χ1n) is 10.6.